The third kappa shape index (κ3) is 8.95. The molecule has 1 aromatic carbocycles. The highest BCUT2D eigenvalue weighted by atomic mass is 32.2. The van der Waals surface area contributed by atoms with Crippen molar-refractivity contribution in [1.82, 2.24) is 14.6 Å². The highest BCUT2D eigenvalue weighted by molar-refractivity contribution is 7.90. The molecular weight excluding hydrogens is 739 g/mol. The molecule has 14 heteroatoms. The van der Waals surface area contributed by atoms with Gasteiger partial charge in [-0.3, -0.25) is 23.9 Å². The Morgan fingerprint density at radius 3 is 2.45 bits per heavy atom. The smallest absolute Gasteiger partial charge is 0.306 e. The van der Waals surface area contributed by atoms with Crippen LogP contribution in [0, 0.1) is 23.2 Å². The molecule has 2 aromatic rings. The number of methoxy groups -OCH3 is 2. The highest BCUT2D eigenvalue weighted by Crippen LogP contribution is 2.59. The van der Waals surface area contributed by atoms with Crippen molar-refractivity contribution in [2.75, 3.05) is 27.4 Å². The molecule has 2 saturated heterocycles. The number of nitrogens with one attached hydrogen (secondary N) is 1. The van der Waals surface area contributed by atoms with E-state index in [9.17, 15) is 27.6 Å². The monoisotopic (exact) mass is 795 g/mol. The Morgan fingerprint density at radius 2 is 1.70 bits per heavy atom. The molecular formula is C42H57N3O10S. The van der Waals surface area contributed by atoms with Crippen LogP contribution in [0.15, 0.2) is 18.2 Å². The molecule has 306 valence electrons. The van der Waals surface area contributed by atoms with E-state index in [0.717, 1.165) is 75.2 Å². The molecule has 3 aliphatic heterocycles. The molecule has 0 spiro atoms. The van der Waals surface area contributed by atoms with Crippen LogP contribution in [-0.2, 0) is 40.4 Å². The Bertz CT molecular complexity index is 1930. The summed E-state index contributed by atoms with van der Waals surface area (Å²) in [4.78, 5) is 62.8. The fourth-order valence-electron chi connectivity index (χ4n) is 9.14. The number of aryl methyl sites for hydroxylation is 1. The summed E-state index contributed by atoms with van der Waals surface area (Å²) in [6.45, 7) is 2.41. The van der Waals surface area contributed by atoms with E-state index in [-0.39, 0.29) is 55.9 Å². The van der Waals surface area contributed by atoms with Crippen LogP contribution in [0.3, 0.4) is 0 Å². The number of carbonyl (C=O) groups excluding carboxylic acids is 4. The number of fused-ring (bicyclic) bond motifs is 4. The number of carbonyl (C=O) groups is 4. The van der Waals surface area contributed by atoms with E-state index in [0.29, 0.717) is 48.6 Å². The van der Waals surface area contributed by atoms with Gasteiger partial charge in [0.15, 0.2) is 5.78 Å². The van der Waals surface area contributed by atoms with Crippen LogP contribution in [0.5, 0.6) is 17.4 Å². The molecule has 0 unspecified atom stereocenters. The van der Waals surface area contributed by atoms with E-state index in [2.05, 4.69) is 16.6 Å². The molecule has 6 atom stereocenters. The number of rotatable bonds is 5. The largest absolute Gasteiger partial charge is 0.496 e. The number of sulfonamides is 1. The average molecular weight is 796 g/mol. The number of esters is 1. The van der Waals surface area contributed by atoms with Gasteiger partial charge in [0, 0.05) is 36.3 Å². The average Bonchev–Trinajstić information content (AvgIpc) is 4.10. The predicted octanol–water partition coefficient (Wildman–Crippen LogP) is 5.83. The quantitative estimate of drug-likeness (QED) is 0.362. The molecule has 5 aliphatic rings. The molecule has 2 saturated carbocycles. The van der Waals surface area contributed by atoms with Gasteiger partial charge in [-0.05, 0) is 74.8 Å². The number of ether oxygens (including phenoxy) is 4. The lowest BCUT2D eigenvalue weighted by Crippen LogP contribution is -2.46. The molecule has 1 N–H and O–H groups in total. The number of hydrogen-bond acceptors (Lipinski definition) is 11. The first-order chi connectivity index (χ1) is 26.9. The first kappa shape index (κ1) is 40.3. The van der Waals surface area contributed by atoms with Crippen LogP contribution in [0.4, 0.5) is 0 Å². The maximum atomic E-state index is 14.7. The van der Waals surface area contributed by atoms with Crippen molar-refractivity contribution in [3.05, 3.63) is 23.8 Å². The predicted molar refractivity (Wildman–Crippen MR) is 208 cm³/mol. The fraction of sp³-hybridized carbons (Fsp3) is 0.690. The van der Waals surface area contributed by atoms with Gasteiger partial charge in [0.05, 0.1) is 56.0 Å². The standard InChI is InChI=1S/C42H57N3O10S/c1-26-11-9-10-12-27-17-32-33(20-36(27)52-2)43-38(53-3)21-37(32)55-30-19-34-35(46)23-42(41(49)44-56(50,51)31-15-16-31)22-29(42)14-8-6-4-5-7-13-28(18-39(47)54-25-26)40(48)45(34)24-30/h17,20-21,26,28-31,34H,4-16,18-19,22-25H2,1-3H3,(H,44,49)/t26-,28+,29+,30+,34-,42+/m0/s1. The number of hydrogen-bond donors (Lipinski definition) is 1. The van der Waals surface area contributed by atoms with Crippen LogP contribution in [-0.4, -0.2) is 86.6 Å². The van der Waals surface area contributed by atoms with Gasteiger partial charge >= 0.3 is 5.97 Å². The number of cyclic esters (lactones) is 1. The van der Waals surface area contributed by atoms with Gasteiger partial charge in [-0.15, -0.1) is 0 Å². The Morgan fingerprint density at radius 1 is 0.946 bits per heavy atom. The second-order valence-electron chi connectivity index (χ2n) is 17.0. The maximum absolute atomic E-state index is 14.7. The number of pyridine rings is 1. The summed E-state index contributed by atoms with van der Waals surface area (Å²) in [5, 5.41) is 0.175. The summed E-state index contributed by atoms with van der Waals surface area (Å²) in [5.74, 6) is -0.792. The third-order valence-electron chi connectivity index (χ3n) is 12.7. The number of aromatic nitrogens is 1. The van der Waals surface area contributed by atoms with Crippen molar-refractivity contribution in [3.8, 4) is 17.4 Å². The number of ketones is 1. The van der Waals surface area contributed by atoms with Crippen molar-refractivity contribution in [2.24, 2.45) is 23.2 Å². The van der Waals surface area contributed by atoms with Gasteiger partial charge in [-0.25, -0.2) is 13.4 Å². The van der Waals surface area contributed by atoms with E-state index >= 15 is 0 Å². The van der Waals surface area contributed by atoms with E-state index in [1.54, 1.807) is 18.1 Å². The minimum Gasteiger partial charge on any atom is -0.496 e. The summed E-state index contributed by atoms with van der Waals surface area (Å²) < 4.78 is 52.0. The van der Waals surface area contributed by atoms with Crippen molar-refractivity contribution in [3.63, 3.8) is 0 Å². The lowest BCUT2D eigenvalue weighted by molar-refractivity contribution is -0.151. The lowest BCUT2D eigenvalue weighted by Gasteiger charge is -2.29. The molecule has 4 heterocycles. The molecule has 13 nitrogen and oxygen atoms in total. The molecule has 1 aromatic heterocycles. The van der Waals surface area contributed by atoms with Crippen LogP contribution in [0.2, 0.25) is 0 Å². The van der Waals surface area contributed by atoms with E-state index in [4.69, 9.17) is 18.9 Å². The molecule has 7 rings (SSSR count). The Kier molecular flexibility index (Phi) is 12.1. The van der Waals surface area contributed by atoms with E-state index in [1.807, 2.05) is 12.1 Å². The summed E-state index contributed by atoms with van der Waals surface area (Å²) in [6.07, 6.45) is 9.73. The van der Waals surface area contributed by atoms with Crippen LogP contribution in [0.1, 0.15) is 115 Å². The zero-order valence-electron chi connectivity index (χ0n) is 33.0. The zero-order chi connectivity index (χ0) is 39.6. The first-order valence-electron chi connectivity index (χ1n) is 20.7. The van der Waals surface area contributed by atoms with Gasteiger partial charge in [-0.2, -0.15) is 0 Å². The molecule has 2 amide bonds. The van der Waals surface area contributed by atoms with Crippen LogP contribution < -0.4 is 18.9 Å². The van der Waals surface area contributed by atoms with Crippen LogP contribution in [0.25, 0.3) is 10.9 Å². The Labute approximate surface area is 330 Å². The minimum absolute atomic E-state index is 0.0876. The Balaban J connectivity index is 1.25. The van der Waals surface area contributed by atoms with Gasteiger partial charge < -0.3 is 23.8 Å². The van der Waals surface area contributed by atoms with Gasteiger partial charge in [0.2, 0.25) is 27.7 Å². The second kappa shape index (κ2) is 16.9. The number of amides is 2. The number of nitrogens with zero attached hydrogens (tertiary/aromatic N) is 2. The molecule has 2 aliphatic carbocycles. The SMILES string of the molecule is COc1cc2c3cc(c(OC)cc3n1)CCCC[C@H](C)COC(=O)C[C@H]1CCCCCCC[C@@H]3C[C@@]3(C(=O)NS(=O)(=O)C3CC3)CC(=O)[C@@H]3C[C@H](CN3C1=O)O2. The summed E-state index contributed by atoms with van der Waals surface area (Å²) in [7, 11) is -0.667. The van der Waals surface area contributed by atoms with Gasteiger partial charge in [0.1, 0.15) is 17.6 Å². The minimum atomic E-state index is -3.82. The third-order valence-corrected chi connectivity index (χ3v) is 14.6. The number of benzene rings is 1. The summed E-state index contributed by atoms with van der Waals surface area (Å²) in [5.41, 5.74) is 0.457. The molecule has 56 heavy (non-hydrogen) atoms. The maximum Gasteiger partial charge on any atom is 0.306 e. The zero-order valence-corrected chi connectivity index (χ0v) is 33.8. The molecule has 4 fully saturated rings. The fourth-order valence-corrected chi connectivity index (χ4v) is 10.5. The van der Waals surface area contributed by atoms with Crippen LogP contribution >= 0.6 is 0 Å². The van der Waals surface area contributed by atoms with Crippen molar-refractivity contribution < 1.29 is 46.5 Å². The van der Waals surface area contributed by atoms with Crippen molar-refractivity contribution in [2.45, 2.75) is 133 Å². The second-order valence-corrected chi connectivity index (χ2v) is 18.9. The first-order valence-corrected chi connectivity index (χ1v) is 22.2. The van der Waals surface area contributed by atoms with Crippen molar-refractivity contribution in [1.29, 1.82) is 0 Å². The molecule has 0 radical (unpaired) electrons. The van der Waals surface area contributed by atoms with Gasteiger partial charge in [-0.1, -0.05) is 45.4 Å². The molecule has 5 bridgehead atoms. The topological polar surface area (TPSA) is 167 Å². The lowest BCUT2D eigenvalue weighted by atomic mass is 9.90. The van der Waals surface area contributed by atoms with Gasteiger partial charge in [0.25, 0.3) is 0 Å². The van der Waals surface area contributed by atoms with E-state index in [1.165, 1.54) is 7.11 Å². The normalized spacial score (nSPS) is 29.8. The summed E-state index contributed by atoms with van der Waals surface area (Å²) >= 11 is 0. The summed E-state index contributed by atoms with van der Waals surface area (Å²) in [6, 6.07) is 4.69. The number of Topliss-reactive ketones (excluding diaryl/α,β-unsaturated/α-hetero) is 1. The highest BCUT2D eigenvalue weighted by Gasteiger charge is 2.62. The van der Waals surface area contributed by atoms with E-state index < -0.39 is 50.6 Å². The Hall–Kier alpha value is -3.94. The van der Waals surface area contributed by atoms with Crippen molar-refractivity contribution >= 4 is 44.5 Å².